The van der Waals surface area contributed by atoms with Crippen LogP contribution in [-0.2, 0) is 0 Å². The standard InChI is InChI=1S/C22H24N8O2/c1-13-11-29(12-14(2)24-13)17-8-7-15(19-16(17)10-23-22(25-19)32-3)20(31)26-21-28-27-18-6-4-5-9-30(18)21/h4-10,13-14,24H,11-12H2,1-3H3,(H,26,28,31)/t13-,14-/m0/s1. The molecule has 4 heterocycles. The first-order valence-electron chi connectivity index (χ1n) is 10.5. The number of amides is 1. The molecule has 2 N–H and O–H groups in total. The summed E-state index contributed by atoms with van der Waals surface area (Å²) in [6.07, 6.45) is 3.52. The molecule has 164 valence electrons. The van der Waals surface area contributed by atoms with Gasteiger partial charge < -0.3 is 15.0 Å². The molecule has 1 aliphatic heterocycles. The number of rotatable bonds is 4. The van der Waals surface area contributed by atoms with Gasteiger partial charge in [-0.05, 0) is 38.1 Å². The number of piperazine rings is 1. The predicted octanol–water partition coefficient (Wildman–Crippen LogP) is 2.12. The maximum Gasteiger partial charge on any atom is 0.316 e. The summed E-state index contributed by atoms with van der Waals surface area (Å²) in [7, 11) is 1.51. The molecule has 2 atom stereocenters. The Morgan fingerprint density at radius 2 is 1.97 bits per heavy atom. The Morgan fingerprint density at radius 3 is 2.75 bits per heavy atom. The van der Waals surface area contributed by atoms with Crippen LogP contribution in [0.3, 0.4) is 0 Å². The molecule has 5 rings (SSSR count). The lowest BCUT2D eigenvalue weighted by molar-refractivity contribution is 0.102. The van der Waals surface area contributed by atoms with E-state index in [4.69, 9.17) is 4.74 Å². The van der Waals surface area contributed by atoms with E-state index in [9.17, 15) is 4.79 Å². The molecule has 0 spiro atoms. The van der Waals surface area contributed by atoms with Crippen molar-refractivity contribution in [2.75, 3.05) is 30.4 Å². The Balaban J connectivity index is 1.56. The van der Waals surface area contributed by atoms with Crippen LogP contribution < -0.4 is 20.3 Å². The summed E-state index contributed by atoms with van der Waals surface area (Å²) in [6.45, 7) is 6.02. The number of aromatic nitrogens is 5. The van der Waals surface area contributed by atoms with Gasteiger partial charge in [-0.25, -0.2) is 4.98 Å². The van der Waals surface area contributed by atoms with Crippen molar-refractivity contribution in [3.63, 3.8) is 0 Å². The van der Waals surface area contributed by atoms with Crippen molar-refractivity contribution in [1.29, 1.82) is 0 Å². The lowest BCUT2D eigenvalue weighted by Gasteiger charge is -2.38. The first-order chi connectivity index (χ1) is 15.5. The SMILES string of the molecule is COc1ncc2c(N3C[C@H](C)N[C@@H](C)C3)ccc(C(=O)Nc3nnc4ccccn34)c2n1. The highest BCUT2D eigenvalue weighted by atomic mass is 16.5. The second-order valence-corrected chi connectivity index (χ2v) is 8.03. The highest BCUT2D eigenvalue weighted by Crippen LogP contribution is 2.31. The van der Waals surface area contributed by atoms with Crippen LogP contribution in [0.1, 0.15) is 24.2 Å². The van der Waals surface area contributed by atoms with E-state index < -0.39 is 0 Å². The van der Waals surface area contributed by atoms with Crippen molar-refractivity contribution >= 4 is 34.1 Å². The fourth-order valence-corrected chi connectivity index (χ4v) is 4.27. The molecule has 0 aliphatic carbocycles. The third-order valence-electron chi connectivity index (χ3n) is 5.57. The van der Waals surface area contributed by atoms with Crippen LogP contribution in [0, 0.1) is 0 Å². The zero-order chi connectivity index (χ0) is 22.2. The van der Waals surface area contributed by atoms with Gasteiger partial charge in [0, 0.05) is 48.6 Å². The molecule has 0 unspecified atom stereocenters. The topological polar surface area (TPSA) is 110 Å². The van der Waals surface area contributed by atoms with Gasteiger partial charge in [-0.1, -0.05) is 6.07 Å². The average molecular weight is 432 g/mol. The number of anilines is 2. The number of nitrogens with one attached hydrogen (secondary N) is 2. The number of carbonyl (C=O) groups excluding carboxylic acids is 1. The lowest BCUT2D eigenvalue weighted by Crippen LogP contribution is -2.54. The van der Waals surface area contributed by atoms with Crippen molar-refractivity contribution in [1.82, 2.24) is 29.9 Å². The molecule has 32 heavy (non-hydrogen) atoms. The van der Waals surface area contributed by atoms with Crippen LogP contribution in [-0.4, -0.2) is 62.8 Å². The minimum absolute atomic E-state index is 0.207. The number of pyridine rings is 1. The van der Waals surface area contributed by atoms with Crippen LogP contribution in [0.5, 0.6) is 6.01 Å². The van der Waals surface area contributed by atoms with Gasteiger partial charge in [0.05, 0.1) is 18.2 Å². The summed E-state index contributed by atoms with van der Waals surface area (Å²) in [6, 6.07) is 10.2. The van der Waals surface area contributed by atoms with Gasteiger partial charge in [-0.2, -0.15) is 4.98 Å². The molecule has 1 saturated heterocycles. The molecule has 1 fully saturated rings. The van der Waals surface area contributed by atoms with E-state index in [0.717, 1.165) is 24.2 Å². The van der Waals surface area contributed by atoms with Gasteiger partial charge in [0.2, 0.25) is 5.95 Å². The summed E-state index contributed by atoms with van der Waals surface area (Å²) in [5.74, 6) is 0.0103. The Kier molecular flexibility index (Phi) is 5.06. The van der Waals surface area contributed by atoms with Crippen LogP contribution in [0.15, 0.2) is 42.7 Å². The monoisotopic (exact) mass is 432 g/mol. The number of fused-ring (bicyclic) bond motifs is 2. The molecule has 1 aromatic carbocycles. The summed E-state index contributed by atoms with van der Waals surface area (Å²) in [5, 5.41) is 15.4. The Labute approximate surface area is 184 Å². The van der Waals surface area contributed by atoms with Gasteiger partial charge in [-0.15, -0.1) is 10.2 Å². The number of hydrogen-bond donors (Lipinski definition) is 2. The molecular weight excluding hydrogens is 408 g/mol. The number of carbonyl (C=O) groups is 1. The van der Waals surface area contributed by atoms with Crippen LogP contribution in [0.25, 0.3) is 16.6 Å². The van der Waals surface area contributed by atoms with E-state index in [1.807, 2.05) is 24.3 Å². The first kappa shape index (κ1) is 20.1. The smallest absolute Gasteiger partial charge is 0.316 e. The van der Waals surface area contributed by atoms with Crippen molar-refractivity contribution in [3.8, 4) is 6.01 Å². The zero-order valence-corrected chi connectivity index (χ0v) is 18.1. The van der Waals surface area contributed by atoms with Crippen LogP contribution in [0.2, 0.25) is 0 Å². The van der Waals surface area contributed by atoms with Crippen molar-refractivity contribution in [3.05, 3.63) is 48.3 Å². The van der Waals surface area contributed by atoms with E-state index in [1.165, 1.54) is 7.11 Å². The fraction of sp³-hybridized carbons (Fsp3) is 0.318. The number of nitrogens with zero attached hydrogens (tertiary/aromatic N) is 6. The second kappa shape index (κ2) is 8.04. The summed E-state index contributed by atoms with van der Waals surface area (Å²) in [4.78, 5) is 24.4. The van der Waals surface area contributed by atoms with Gasteiger partial charge in [0.1, 0.15) is 0 Å². The van der Waals surface area contributed by atoms with Crippen LogP contribution >= 0.6 is 0 Å². The van der Waals surface area contributed by atoms with E-state index in [-0.39, 0.29) is 11.9 Å². The average Bonchev–Trinajstić information content (AvgIpc) is 3.20. The number of hydrogen-bond acceptors (Lipinski definition) is 8. The minimum atomic E-state index is -0.331. The summed E-state index contributed by atoms with van der Waals surface area (Å²) < 4.78 is 6.95. The third kappa shape index (κ3) is 3.58. The quantitative estimate of drug-likeness (QED) is 0.505. The first-order valence-corrected chi connectivity index (χ1v) is 10.5. The van der Waals surface area contributed by atoms with E-state index >= 15 is 0 Å². The number of methoxy groups -OCH3 is 1. The molecule has 10 nitrogen and oxygen atoms in total. The minimum Gasteiger partial charge on any atom is -0.467 e. The normalized spacial score (nSPS) is 18.8. The van der Waals surface area contributed by atoms with Gasteiger partial charge in [-0.3, -0.25) is 14.5 Å². The third-order valence-corrected chi connectivity index (χ3v) is 5.57. The summed E-state index contributed by atoms with van der Waals surface area (Å²) >= 11 is 0. The molecule has 3 aromatic heterocycles. The fourth-order valence-electron chi connectivity index (χ4n) is 4.27. The largest absolute Gasteiger partial charge is 0.467 e. The van der Waals surface area contributed by atoms with Crippen molar-refractivity contribution < 1.29 is 9.53 Å². The van der Waals surface area contributed by atoms with E-state index in [0.29, 0.717) is 34.8 Å². The van der Waals surface area contributed by atoms with E-state index in [2.05, 4.69) is 49.5 Å². The Hall–Kier alpha value is -3.79. The molecule has 4 aromatic rings. The summed E-state index contributed by atoms with van der Waals surface area (Å²) in [5.41, 5.74) is 2.58. The zero-order valence-electron chi connectivity index (χ0n) is 18.1. The Bertz CT molecular complexity index is 1290. The van der Waals surface area contributed by atoms with E-state index in [1.54, 1.807) is 22.9 Å². The van der Waals surface area contributed by atoms with Crippen molar-refractivity contribution in [2.45, 2.75) is 25.9 Å². The number of benzene rings is 1. The highest BCUT2D eigenvalue weighted by molar-refractivity contribution is 6.13. The maximum absolute atomic E-state index is 13.2. The van der Waals surface area contributed by atoms with Crippen molar-refractivity contribution in [2.24, 2.45) is 0 Å². The molecular formula is C22H24N8O2. The Morgan fingerprint density at radius 1 is 1.16 bits per heavy atom. The molecule has 10 heteroatoms. The van der Waals surface area contributed by atoms with Gasteiger partial charge >= 0.3 is 6.01 Å². The molecule has 0 bridgehead atoms. The lowest BCUT2D eigenvalue weighted by atomic mass is 10.0. The maximum atomic E-state index is 13.2. The molecule has 1 aliphatic rings. The molecule has 0 saturated carbocycles. The molecule has 1 amide bonds. The van der Waals surface area contributed by atoms with Gasteiger partial charge in [0.25, 0.3) is 5.91 Å². The van der Waals surface area contributed by atoms with Crippen LogP contribution in [0.4, 0.5) is 11.6 Å². The second-order valence-electron chi connectivity index (χ2n) is 8.03. The molecule has 0 radical (unpaired) electrons. The highest BCUT2D eigenvalue weighted by Gasteiger charge is 2.25. The predicted molar refractivity (Wildman–Crippen MR) is 121 cm³/mol. The number of ether oxygens (including phenoxy) is 1. The van der Waals surface area contributed by atoms with Gasteiger partial charge in [0.15, 0.2) is 5.65 Å².